The van der Waals surface area contributed by atoms with Crippen molar-refractivity contribution in [3.05, 3.63) is 70.0 Å². The number of benzene rings is 2. The summed E-state index contributed by atoms with van der Waals surface area (Å²) in [6.45, 7) is 1.96. The van der Waals surface area contributed by atoms with E-state index in [2.05, 4.69) is 5.43 Å². The van der Waals surface area contributed by atoms with Gasteiger partial charge in [-0.05, 0) is 48.2 Å². The van der Waals surface area contributed by atoms with Crippen LogP contribution in [0.4, 0.5) is 4.39 Å². The van der Waals surface area contributed by atoms with Gasteiger partial charge in [0.1, 0.15) is 5.82 Å². The minimum absolute atomic E-state index is 0.0265. The van der Waals surface area contributed by atoms with Crippen LogP contribution in [-0.2, 0) is 6.42 Å². The molecule has 0 spiro atoms. The molecule has 0 amide bonds. The highest BCUT2D eigenvalue weighted by Gasteiger charge is 2.11. The van der Waals surface area contributed by atoms with Crippen molar-refractivity contribution in [3.8, 4) is 0 Å². The van der Waals surface area contributed by atoms with Crippen LogP contribution in [0.1, 0.15) is 22.7 Å². The van der Waals surface area contributed by atoms with E-state index in [-0.39, 0.29) is 11.9 Å². The minimum atomic E-state index is -0.233. The standard InChI is InChI=1S/C15H16ClFN2/c1-10-8-12(4-7-14(10)16)15(19-18)9-11-2-5-13(17)6-3-11/h2-8,15,19H,9,18H2,1H3. The molecule has 0 saturated heterocycles. The van der Waals surface area contributed by atoms with E-state index in [9.17, 15) is 4.39 Å². The molecule has 2 rings (SSSR count). The fraction of sp³-hybridized carbons (Fsp3) is 0.200. The van der Waals surface area contributed by atoms with Gasteiger partial charge >= 0.3 is 0 Å². The van der Waals surface area contributed by atoms with Crippen LogP contribution in [0.25, 0.3) is 0 Å². The molecule has 0 saturated carbocycles. The van der Waals surface area contributed by atoms with Crippen molar-refractivity contribution in [1.29, 1.82) is 0 Å². The maximum Gasteiger partial charge on any atom is 0.123 e. The number of halogens is 2. The molecule has 0 fully saturated rings. The van der Waals surface area contributed by atoms with Crippen molar-refractivity contribution in [2.45, 2.75) is 19.4 Å². The molecule has 19 heavy (non-hydrogen) atoms. The second-order valence-corrected chi connectivity index (χ2v) is 4.97. The maximum absolute atomic E-state index is 12.9. The predicted molar refractivity (Wildman–Crippen MR) is 76.4 cm³/mol. The minimum Gasteiger partial charge on any atom is -0.271 e. The lowest BCUT2D eigenvalue weighted by Gasteiger charge is -2.17. The van der Waals surface area contributed by atoms with Crippen molar-refractivity contribution in [3.63, 3.8) is 0 Å². The highest BCUT2D eigenvalue weighted by molar-refractivity contribution is 6.31. The summed E-state index contributed by atoms with van der Waals surface area (Å²) in [7, 11) is 0. The Labute approximate surface area is 117 Å². The topological polar surface area (TPSA) is 38.0 Å². The number of nitrogens with two attached hydrogens (primary N) is 1. The molecule has 2 aromatic carbocycles. The third-order valence-corrected chi connectivity index (χ3v) is 3.56. The normalized spacial score (nSPS) is 12.4. The van der Waals surface area contributed by atoms with Gasteiger partial charge in [-0.3, -0.25) is 11.3 Å². The van der Waals surface area contributed by atoms with Gasteiger partial charge in [0.2, 0.25) is 0 Å². The SMILES string of the molecule is Cc1cc(C(Cc2ccc(F)cc2)NN)ccc1Cl. The molecule has 0 aliphatic heterocycles. The Balaban J connectivity index is 2.19. The first kappa shape index (κ1) is 14.0. The van der Waals surface area contributed by atoms with Gasteiger partial charge in [-0.25, -0.2) is 4.39 Å². The highest BCUT2D eigenvalue weighted by atomic mass is 35.5. The third-order valence-electron chi connectivity index (χ3n) is 3.14. The summed E-state index contributed by atoms with van der Waals surface area (Å²) in [6, 6.07) is 12.2. The van der Waals surface area contributed by atoms with E-state index in [0.29, 0.717) is 6.42 Å². The average Bonchev–Trinajstić information content (AvgIpc) is 2.41. The van der Waals surface area contributed by atoms with E-state index in [1.807, 2.05) is 25.1 Å². The fourth-order valence-corrected chi connectivity index (χ4v) is 2.13. The zero-order chi connectivity index (χ0) is 13.8. The van der Waals surface area contributed by atoms with E-state index in [0.717, 1.165) is 21.7 Å². The van der Waals surface area contributed by atoms with Gasteiger partial charge in [-0.15, -0.1) is 0 Å². The van der Waals surface area contributed by atoms with Crippen LogP contribution < -0.4 is 11.3 Å². The lowest BCUT2D eigenvalue weighted by molar-refractivity contribution is 0.550. The summed E-state index contributed by atoms with van der Waals surface area (Å²) < 4.78 is 12.9. The van der Waals surface area contributed by atoms with Gasteiger partial charge < -0.3 is 0 Å². The first-order chi connectivity index (χ1) is 9.10. The number of hydrazine groups is 1. The summed E-state index contributed by atoms with van der Waals surface area (Å²) in [4.78, 5) is 0. The number of hydrogen-bond acceptors (Lipinski definition) is 2. The predicted octanol–water partition coefficient (Wildman–Crippen LogP) is 3.53. The molecule has 0 heterocycles. The van der Waals surface area contributed by atoms with Crippen molar-refractivity contribution < 1.29 is 4.39 Å². The van der Waals surface area contributed by atoms with E-state index in [1.165, 1.54) is 12.1 Å². The third kappa shape index (κ3) is 3.53. The Bertz CT molecular complexity index is 555. The Morgan fingerprint density at radius 1 is 1.21 bits per heavy atom. The van der Waals surface area contributed by atoms with E-state index >= 15 is 0 Å². The van der Waals surface area contributed by atoms with Gasteiger partial charge in [0.05, 0.1) is 0 Å². The van der Waals surface area contributed by atoms with Crippen molar-refractivity contribution in [1.82, 2.24) is 5.43 Å². The maximum atomic E-state index is 12.9. The van der Waals surface area contributed by atoms with Gasteiger partial charge in [0, 0.05) is 11.1 Å². The molecule has 3 N–H and O–H groups in total. The van der Waals surface area contributed by atoms with Crippen LogP contribution in [0.15, 0.2) is 42.5 Å². The summed E-state index contributed by atoms with van der Waals surface area (Å²) in [5, 5.41) is 0.737. The molecule has 0 aliphatic carbocycles. The van der Waals surface area contributed by atoms with Crippen LogP contribution >= 0.6 is 11.6 Å². The molecule has 100 valence electrons. The van der Waals surface area contributed by atoms with Gasteiger partial charge in [0.25, 0.3) is 0 Å². The lowest BCUT2D eigenvalue weighted by atomic mass is 9.98. The average molecular weight is 279 g/mol. The van der Waals surface area contributed by atoms with Crippen LogP contribution in [-0.4, -0.2) is 0 Å². The van der Waals surface area contributed by atoms with E-state index < -0.39 is 0 Å². The Morgan fingerprint density at radius 3 is 2.47 bits per heavy atom. The quantitative estimate of drug-likeness (QED) is 0.663. The molecular weight excluding hydrogens is 263 g/mol. The van der Waals surface area contributed by atoms with Gasteiger partial charge in [0.15, 0.2) is 0 Å². The summed E-state index contributed by atoms with van der Waals surface area (Å²) >= 11 is 6.01. The smallest absolute Gasteiger partial charge is 0.123 e. The zero-order valence-corrected chi connectivity index (χ0v) is 11.4. The first-order valence-corrected chi connectivity index (χ1v) is 6.44. The van der Waals surface area contributed by atoms with Crippen molar-refractivity contribution in [2.24, 2.45) is 5.84 Å². The molecular formula is C15H16ClFN2. The fourth-order valence-electron chi connectivity index (χ4n) is 2.01. The van der Waals surface area contributed by atoms with Crippen molar-refractivity contribution >= 4 is 11.6 Å². The molecule has 0 aliphatic rings. The largest absolute Gasteiger partial charge is 0.271 e. The second kappa shape index (κ2) is 6.15. The van der Waals surface area contributed by atoms with E-state index in [4.69, 9.17) is 17.4 Å². The first-order valence-electron chi connectivity index (χ1n) is 6.07. The van der Waals surface area contributed by atoms with Gasteiger partial charge in [-0.2, -0.15) is 0 Å². The summed E-state index contributed by atoms with van der Waals surface area (Å²) in [5.74, 6) is 5.38. The number of aryl methyl sites for hydroxylation is 1. The van der Waals surface area contributed by atoms with E-state index in [1.54, 1.807) is 12.1 Å². The number of hydrogen-bond donors (Lipinski definition) is 2. The van der Waals surface area contributed by atoms with Crippen LogP contribution in [0.5, 0.6) is 0 Å². The molecule has 0 aromatic heterocycles. The molecule has 1 unspecified atom stereocenters. The molecule has 0 bridgehead atoms. The van der Waals surface area contributed by atoms with Crippen LogP contribution in [0, 0.1) is 12.7 Å². The Morgan fingerprint density at radius 2 is 1.89 bits per heavy atom. The van der Waals surface area contributed by atoms with Crippen LogP contribution in [0.3, 0.4) is 0 Å². The molecule has 1 atom stereocenters. The van der Waals surface area contributed by atoms with Gasteiger partial charge in [-0.1, -0.05) is 35.9 Å². The number of rotatable bonds is 4. The molecule has 2 nitrogen and oxygen atoms in total. The highest BCUT2D eigenvalue weighted by Crippen LogP contribution is 2.23. The number of nitrogens with one attached hydrogen (secondary N) is 1. The monoisotopic (exact) mass is 278 g/mol. The molecule has 2 aromatic rings. The van der Waals surface area contributed by atoms with Crippen molar-refractivity contribution in [2.75, 3.05) is 0 Å². The molecule has 4 heteroatoms. The zero-order valence-electron chi connectivity index (χ0n) is 10.7. The lowest BCUT2D eigenvalue weighted by Crippen LogP contribution is -2.29. The Kier molecular flexibility index (Phi) is 4.53. The second-order valence-electron chi connectivity index (χ2n) is 4.56. The Hall–Kier alpha value is -1.42. The summed E-state index contributed by atoms with van der Waals surface area (Å²) in [5.41, 5.74) is 5.89. The summed E-state index contributed by atoms with van der Waals surface area (Å²) in [6.07, 6.45) is 0.692. The van der Waals surface area contributed by atoms with Crippen LogP contribution in [0.2, 0.25) is 5.02 Å². The molecule has 0 radical (unpaired) electrons.